The SMILES string of the molecule is O=c1c2cc(O)c(O)cc2oc2c(O)c(O)cc(O)c12. The second-order valence-corrected chi connectivity index (χ2v) is 4.24. The van der Waals surface area contributed by atoms with Crippen molar-refractivity contribution in [3.05, 3.63) is 28.4 Å². The molecule has 0 spiro atoms. The Bertz CT molecular complexity index is 924. The van der Waals surface area contributed by atoms with Crippen molar-refractivity contribution in [3.8, 4) is 28.7 Å². The van der Waals surface area contributed by atoms with Crippen LogP contribution in [-0.4, -0.2) is 25.5 Å². The Labute approximate surface area is 110 Å². The first kappa shape index (κ1) is 12.0. The molecule has 7 heteroatoms. The lowest BCUT2D eigenvalue weighted by molar-refractivity contribution is 0.394. The molecular weight excluding hydrogens is 268 g/mol. The molecule has 0 fully saturated rings. The summed E-state index contributed by atoms with van der Waals surface area (Å²) in [6, 6.07) is 2.78. The zero-order valence-corrected chi connectivity index (χ0v) is 9.78. The van der Waals surface area contributed by atoms with Crippen LogP contribution >= 0.6 is 0 Å². The highest BCUT2D eigenvalue weighted by molar-refractivity contribution is 5.97. The molecule has 5 N–H and O–H groups in total. The summed E-state index contributed by atoms with van der Waals surface area (Å²) >= 11 is 0. The number of benzene rings is 2. The average molecular weight is 276 g/mol. The van der Waals surface area contributed by atoms with E-state index in [1.807, 2.05) is 0 Å². The van der Waals surface area contributed by atoms with Crippen LogP contribution in [0.15, 0.2) is 27.4 Å². The fraction of sp³-hybridized carbons (Fsp3) is 0. The third-order valence-corrected chi connectivity index (χ3v) is 2.97. The largest absolute Gasteiger partial charge is 0.507 e. The Morgan fingerprint density at radius 3 is 2.15 bits per heavy atom. The lowest BCUT2D eigenvalue weighted by Crippen LogP contribution is -2.02. The lowest BCUT2D eigenvalue weighted by atomic mass is 10.1. The molecule has 102 valence electrons. The lowest BCUT2D eigenvalue weighted by Gasteiger charge is -2.07. The van der Waals surface area contributed by atoms with Crippen LogP contribution in [0.2, 0.25) is 0 Å². The summed E-state index contributed by atoms with van der Waals surface area (Å²) in [5, 5.41) is 47.1. The van der Waals surface area contributed by atoms with Crippen LogP contribution < -0.4 is 5.43 Å². The zero-order chi connectivity index (χ0) is 14.6. The number of rotatable bonds is 0. The molecule has 20 heavy (non-hydrogen) atoms. The van der Waals surface area contributed by atoms with E-state index in [4.69, 9.17) is 4.42 Å². The van der Waals surface area contributed by atoms with Crippen molar-refractivity contribution in [3.63, 3.8) is 0 Å². The summed E-state index contributed by atoms with van der Waals surface area (Å²) in [6.07, 6.45) is 0. The maximum absolute atomic E-state index is 12.2. The molecule has 2 aromatic carbocycles. The molecule has 0 amide bonds. The van der Waals surface area contributed by atoms with Gasteiger partial charge in [0, 0.05) is 12.1 Å². The molecule has 7 nitrogen and oxygen atoms in total. The van der Waals surface area contributed by atoms with Gasteiger partial charge in [-0.25, -0.2) is 0 Å². The van der Waals surface area contributed by atoms with Gasteiger partial charge >= 0.3 is 0 Å². The minimum Gasteiger partial charge on any atom is -0.507 e. The predicted molar refractivity (Wildman–Crippen MR) is 68.3 cm³/mol. The van der Waals surface area contributed by atoms with Gasteiger partial charge in [0.15, 0.2) is 22.8 Å². The van der Waals surface area contributed by atoms with Gasteiger partial charge in [-0.15, -0.1) is 0 Å². The molecule has 1 heterocycles. The highest BCUT2D eigenvalue weighted by Crippen LogP contribution is 2.40. The molecule has 0 aliphatic rings. The molecule has 3 aromatic rings. The molecular formula is C13H8O7. The van der Waals surface area contributed by atoms with Gasteiger partial charge in [0.1, 0.15) is 16.7 Å². The van der Waals surface area contributed by atoms with E-state index in [1.165, 1.54) is 0 Å². The number of aromatic hydroxyl groups is 5. The van der Waals surface area contributed by atoms with E-state index in [0.29, 0.717) is 0 Å². The van der Waals surface area contributed by atoms with Gasteiger partial charge in [-0.2, -0.15) is 0 Å². The van der Waals surface area contributed by atoms with Gasteiger partial charge in [-0.3, -0.25) is 4.79 Å². The number of hydrogen-bond acceptors (Lipinski definition) is 7. The minimum absolute atomic E-state index is 0.0896. The van der Waals surface area contributed by atoms with E-state index in [2.05, 4.69) is 0 Å². The molecule has 0 unspecified atom stereocenters. The molecule has 0 aliphatic heterocycles. The van der Waals surface area contributed by atoms with Crippen LogP contribution in [-0.2, 0) is 0 Å². The maximum Gasteiger partial charge on any atom is 0.204 e. The quantitative estimate of drug-likeness (QED) is 0.238. The van der Waals surface area contributed by atoms with Crippen LogP contribution in [0.1, 0.15) is 0 Å². The molecule has 0 radical (unpaired) electrons. The van der Waals surface area contributed by atoms with E-state index in [1.54, 1.807) is 0 Å². The van der Waals surface area contributed by atoms with Crippen molar-refractivity contribution in [2.75, 3.05) is 0 Å². The average Bonchev–Trinajstić information content (AvgIpc) is 2.38. The second kappa shape index (κ2) is 3.70. The Morgan fingerprint density at radius 1 is 0.800 bits per heavy atom. The van der Waals surface area contributed by atoms with Gasteiger partial charge in [-0.1, -0.05) is 0 Å². The summed E-state index contributed by atoms with van der Waals surface area (Å²) in [7, 11) is 0. The number of phenols is 5. The van der Waals surface area contributed by atoms with Gasteiger partial charge < -0.3 is 29.9 Å². The monoisotopic (exact) mass is 276 g/mol. The highest BCUT2D eigenvalue weighted by atomic mass is 16.4. The van der Waals surface area contributed by atoms with Crippen molar-refractivity contribution >= 4 is 21.9 Å². The molecule has 0 atom stereocenters. The Kier molecular flexibility index (Phi) is 2.22. The van der Waals surface area contributed by atoms with Gasteiger partial charge in [0.2, 0.25) is 11.2 Å². The van der Waals surface area contributed by atoms with E-state index in [9.17, 15) is 30.3 Å². The zero-order valence-electron chi connectivity index (χ0n) is 9.78. The molecule has 1 aromatic heterocycles. The Balaban J connectivity index is 2.64. The summed E-state index contributed by atoms with van der Waals surface area (Å²) in [4.78, 5) is 12.2. The van der Waals surface area contributed by atoms with E-state index in [-0.39, 0.29) is 16.4 Å². The van der Waals surface area contributed by atoms with Crippen molar-refractivity contribution in [1.29, 1.82) is 0 Å². The van der Waals surface area contributed by atoms with Gasteiger partial charge in [-0.05, 0) is 6.07 Å². The first-order valence-electron chi connectivity index (χ1n) is 5.46. The first-order chi connectivity index (χ1) is 9.40. The third kappa shape index (κ3) is 1.43. The van der Waals surface area contributed by atoms with Crippen LogP contribution in [0.5, 0.6) is 28.7 Å². The van der Waals surface area contributed by atoms with E-state index < -0.39 is 39.8 Å². The summed E-state index contributed by atoms with van der Waals surface area (Å²) < 4.78 is 5.21. The van der Waals surface area contributed by atoms with Crippen molar-refractivity contribution < 1.29 is 29.9 Å². The normalized spacial score (nSPS) is 11.2. The number of fused-ring (bicyclic) bond motifs is 2. The van der Waals surface area contributed by atoms with E-state index in [0.717, 1.165) is 18.2 Å². The Morgan fingerprint density at radius 2 is 1.45 bits per heavy atom. The molecule has 0 bridgehead atoms. The second-order valence-electron chi connectivity index (χ2n) is 4.24. The fourth-order valence-corrected chi connectivity index (χ4v) is 2.00. The highest BCUT2D eigenvalue weighted by Gasteiger charge is 2.19. The number of phenolic OH excluding ortho intramolecular Hbond substituents is 5. The molecule has 0 saturated heterocycles. The van der Waals surface area contributed by atoms with E-state index >= 15 is 0 Å². The molecule has 3 rings (SSSR count). The fourth-order valence-electron chi connectivity index (χ4n) is 2.00. The van der Waals surface area contributed by atoms with Crippen molar-refractivity contribution in [2.24, 2.45) is 0 Å². The number of hydrogen-bond donors (Lipinski definition) is 5. The van der Waals surface area contributed by atoms with Crippen molar-refractivity contribution in [2.45, 2.75) is 0 Å². The minimum atomic E-state index is -0.718. The Hall–Kier alpha value is -3.09. The predicted octanol–water partition coefficient (Wildman–Crippen LogP) is 1.47. The molecule has 0 aliphatic carbocycles. The maximum atomic E-state index is 12.2. The topological polar surface area (TPSA) is 131 Å². The van der Waals surface area contributed by atoms with Crippen LogP contribution in [0.25, 0.3) is 21.9 Å². The van der Waals surface area contributed by atoms with Crippen LogP contribution in [0.3, 0.4) is 0 Å². The van der Waals surface area contributed by atoms with Crippen molar-refractivity contribution in [1.82, 2.24) is 0 Å². The first-order valence-corrected chi connectivity index (χ1v) is 5.46. The summed E-state index contributed by atoms with van der Waals surface area (Å²) in [5.41, 5.74) is -1.24. The van der Waals surface area contributed by atoms with Crippen LogP contribution in [0, 0.1) is 0 Å². The summed E-state index contributed by atoms with van der Waals surface area (Å²) in [5.74, 6) is -2.96. The summed E-state index contributed by atoms with van der Waals surface area (Å²) in [6.45, 7) is 0. The van der Waals surface area contributed by atoms with Gasteiger partial charge in [0.05, 0.1) is 5.39 Å². The standard InChI is InChI=1S/C13H8O7/c14-5-1-4-9(3-6(5)15)20-13-10(11(4)18)7(16)2-8(17)12(13)19/h1-3,14-17,19H. The smallest absolute Gasteiger partial charge is 0.204 e. The van der Waals surface area contributed by atoms with Crippen LogP contribution in [0.4, 0.5) is 0 Å². The van der Waals surface area contributed by atoms with Gasteiger partial charge in [0.25, 0.3) is 0 Å². The third-order valence-electron chi connectivity index (χ3n) is 2.97. The molecule has 0 saturated carbocycles.